The van der Waals surface area contributed by atoms with Crippen molar-refractivity contribution in [3.8, 4) is 11.3 Å². The monoisotopic (exact) mass is 238 g/mol. The Kier molecular flexibility index (Phi) is 2.79. The fraction of sp³-hybridized carbons (Fsp3) is 0.0909. The second-order valence-corrected chi connectivity index (χ2v) is 3.32. The summed E-state index contributed by atoms with van der Waals surface area (Å²) in [4.78, 5) is 11.1. The van der Waals surface area contributed by atoms with Crippen LogP contribution in [0, 0.1) is 6.92 Å². The number of rotatable bonds is 1. The average molecular weight is 238 g/mol. The van der Waals surface area contributed by atoms with Gasteiger partial charge in [0.2, 0.25) is 0 Å². The van der Waals surface area contributed by atoms with Crippen molar-refractivity contribution < 1.29 is 13.2 Å². The van der Waals surface area contributed by atoms with Gasteiger partial charge in [0, 0.05) is 17.5 Å². The molecule has 0 aromatic carbocycles. The molecule has 87 valence electrons. The molecule has 0 fully saturated rings. The van der Waals surface area contributed by atoms with Gasteiger partial charge in [-0.1, -0.05) is 0 Å². The molecule has 0 aliphatic heterocycles. The molecule has 0 saturated carbocycles. The van der Waals surface area contributed by atoms with E-state index in [0.29, 0.717) is 17.0 Å². The van der Waals surface area contributed by atoms with E-state index in [1.165, 1.54) is 12.4 Å². The summed E-state index contributed by atoms with van der Waals surface area (Å²) >= 11 is 0. The summed E-state index contributed by atoms with van der Waals surface area (Å²) in [6.45, 7) is 3.61. The summed E-state index contributed by atoms with van der Waals surface area (Å²) < 4.78 is 36.9. The highest BCUT2D eigenvalue weighted by Gasteiger charge is 2.32. The van der Waals surface area contributed by atoms with Crippen molar-refractivity contribution in [1.29, 1.82) is 0 Å². The number of pyridine rings is 1. The number of aromatic nitrogens is 3. The van der Waals surface area contributed by atoms with Crippen molar-refractivity contribution in [2.45, 2.75) is 6.18 Å². The van der Waals surface area contributed by atoms with Crippen LogP contribution in [-0.2, 0) is 6.18 Å². The van der Waals surface area contributed by atoms with E-state index in [9.17, 15) is 13.2 Å². The van der Waals surface area contributed by atoms with Crippen LogP contribution in [0.15, 0.2) is 30.7 Å². The van der Waals surface area contributed by atoms with E-state index in [4.69, 9.17) is 0 Å². The Hall–Kier alpha value is -1.98. The minimum Gasteiger partial charge on any atom is -0.251 e. The van der Waals surface area contributed by atoms with E-state index in [1.807, 2.05) is 0 Å². The van der Waals surface area contributed by atoms with Crippen LogP contribution in [0.3, 0.4) is 0 Å². The van der Waals surface area contributed by atoms with Crippen LogP contribution in [0.25, 0.3) is 11.3 Å². The molecule has 0 amide bonds. The van der Waals surface area contributed by atoms with Crippen LogP contribution in [0.4, 0.5) is 13.2 Å². The van der Waals surface area contributed by atoms with Crippen LogP contribution in [-0.4, -0.2) is 15.0 Å². The van der Waals surface area contributed by atoms with Gasteiger partial charge in [0.15, 0.2) is 0 Å². The van der Waals surface area contributed by atoms with Gasteiger partial charge < -0.3 is 0 Å². The van der Waals surface area contributed by atoms with Gasteiger partial charge in [-0.05, 0) is 25.1 Å². The van der Waals surface area contributed by atoms with Crippen LogP contribution in [0.2, 0.25) is 0 Å². The highest BCUT2D eigenvalue weighted by atomic mass is 19.4. The van der Waals surface area contributed by atoms with Crippen molar-refractivity contribution >= 4 is 0 Å². The van der Waals surface area contributed by atoms with Crippen LogP contribution >= 0.6 is 0 Å². The smallest absolute Gasteiger partial charge is 0.251 e. The summed E-state index contributed by atoms with van der Waals surface area (Å²) in [6, 6.07) is 3.81. The zero-order valence-electron chi connectivity index (χ0n) is 8.57. The predicted octanol–water partition coefficient (Wildman–Crippen LogP) is 2.74. The molecule has 0 aliphatic rings. The van der Waals surface area contributed by atoms with E-state index in [1.54, 1.807) is 6.07 Å². The van der Waals surface area contributed by atoms with E-state index in [0.717, 1.165) is 12.3 Å². The average Bonchev–Trinajstić information content (AvgIpc) is 2.28. The number of alkyl halides is 3. The van der Waals surface area contributed by atoms with Crippen molar-refractivity contribution in [3.05, 3.63) is 49.0 Å². The Morgan fingerprint density at radius 1 is 1.06 bits per heavy atom. The first kappa shape index (κ1) is 11.5. The molecule has 17 heavy (non-hydrogen) atoms. The Bertz CT molecular complexity index is 520. The molecule has 1 radical (unpaired) electrons. The number of hydrogen-bond acceptors (Lipinski definition) is 3. The van der Waals surface area contributed by atoms with Gasteiger partial charge in [0.05, 0.1) is 5.69 Å². The SMILES string of the molecule is [CH2]c1cc(-c2ccc(C(F)(F)F)nc2)ncn1. The standard InChI is InChI=1S/C11H7F3N3/c1-7-4-9(17-6-16-7)8-2-3-10(15-5-8)11(12,13)14/h2-6H,1H2. The van der Waals surface area contributed by atoms with E-state index in [-0.39, 0.29) is 0 Å². The molecule has 0 aliphatic carbocycles. The molecule has 2 heterocycles. The second kappa shape index (κ2) is 4.12. The van der Waals surface area contributed by atoms with Gasteiger partial charge in [-0.15, -0.1) is 0 Å². The van der Waals surface area contributed by atoms with Gasteiger partial charge >= 0.3 is 6.18 Å². The molecule has 2 aromatic rings. The Labute approximate surface area is 95.4 Å². The summed E-state index contributed by atoms with van der Waals surface area (Å²) in [5.41, 5.74) is 0.552. The number of hydrogen-bond donors (Lipinski definition) is 0. The lowest BCUT2D eigenvalue weighted by atomic mass is 10.2. The van der Waals surface area contributed by atoms with Gasteiger partial charge in [-0.25, -0.2) is 9.97 Å². The van der Waals surface area contributed by atoms with Crippen molar-refractivity contribution in [2.75, 3.05) is 0 Å². The van der Waals surface area contributed by atoms with Gasteiger partial charge in [-0.3, -0.25) is 4.98 Å². The zero-order chi connectivity index (χ0) is 12.5. The minimum absolute atomic E-state index is 0.491. The maximum atomic E-state index is 12.3. The van der Waals surface area contributed by atoms with Gasteiger partial charge in [0.1, 0.15) is 12.0 Å². The lowest BCUT2D eigenvalue weighted by molar-refractivity contribution is -0.141. The fourth-order valence-electron chi connectivity index (χ4n) is 1.27. The van der Waals surface area contributed by atoms with Crippen molar-refractivity contribution in [1.82, 2.24) is 15.0 Å². The van der Waals surface area contributed by atoms with Gasteiger partial charge in [-0.2, -0.15) is 13.2 Å². The molecule has 0 atom stereocenters. The molecule has 2 aromatic heterocycles. The molecular formula is C11H7F3N3. The fourth-order valence-corrected chi connectivity index (χ4v) is 1.27. The molecule has 0 saturated heterocycles. The largest absolute Gasteiger partial charge is 0.433 e. The summed E-state index contributed by atoms with van der Waals surface area (Å²) in [7, 11) is 0. The van der Waals surface area contributed by atoms with Crippen LogP contribution in [0.5, 0.6) is 0 Å². The molecule has 0 N–H and O–H groups in total. The topological polar surface area (TPSA) is 38.7 Å². The first-order valence-corrected chi connectivity index (χ1v) is 4.64. The second-order valence-electron chi connectivity index (χ2n) is 3.32. The Morgan fingerprint density at radius 2 is 1.82 bits per heavy atom. The lowest BCUT2D eigenvalue weighted by Gasteiger charge is -2.06. The first-order chi connectivity index (χ1) is 7.97. The normalized spacial score (nSPS) is 11.5. The van der Waals surface area contributed by atoms with Crippen LogP contribution < -0.4 is 0 Å². The van der Waals surface area contributed by atoms with E-state index >= 15 is 0 Å². The lowest BCUT2D eigenvalue weighted by Crippen LogP contribution is -2.07. The van der Waals surface area contributed by atoms with Crippen molar-refractivity contribution in [2.24, 2.45) is 0 Å². The van der Waals surface area contributed by atoms with Gasteiger partial charge in [0.25, 0.3) is 0 Å². The predicted molar refractivity (Wildman–Crippen MR) is 54.7 cm³/mol. The minimum atomic E-state index is -4.43. The third kappa shape index (κ3) is 2.58. The molecule has 0 spiro atoms. The quantitative estimate of drug-likeness (QED) is 0.766. The van der Waals surface area contributed by atoms with E-state index in [2.05, 4.69) is 21.9 Å². The molecule has 3 nitrogen and oxygen atoms in total. The first-order valence-electron chi connectivity index (χ1n) is 4.64. The maximum Gasteiger partial charge on any atom is 0.433 e. The number of nitrogens with zero attached hydrogens (tertiary/aromatic N) is 3. The zero-order valence-corrected chi connectivity index (χ0v) is 8.57. The molecule has 0 unspecified atom stereocenters. The van der Waals surface area contributed by atoms with Crippen LogP contribution in [0.1, 0.15) is 11.4 Å². The Morgan fingerprint density at radius 3 is 2.35 bits per heavy atom. The van der Waals surface area contributed by atoms with E-state index < -0.39 is 11.9 Å². The maximum absolute atomic E-state index is 12.3. The summed E-state index contributed by atoms with van der Waals surface area (Å²) in [6.07, 6.45) is -2.00. The highest BCUT2D eigenvalue weighted by Crippen LogP contribution is 2.28. The van der Waals surface area contributed by atoms with Crippen molar-refractivity contribution in [3.63, 3.8) is 0 Å². The Balaban J connectivity index is 2.36. The molecular weight excluding hydrogens is 231 g/mol. The summed E-state index contributed by atoms with van der Waals surface area (Å²) in [5.74, 6) is 0. The molecule has 6 heteroatoms. The highest BCUT2D eigenvalue weighted by molar-refractivity contribution is 5.58. The third-order valence-corrected chi connectivity index (χ3v) is 2.07. The summed E-state index contributed by atoms with van der Waals surface area (Å²) in [5, 5.41) is 0. The molecule has 2 rings (SSSR count). The number of halogens is 3. The third-order valence-electron chi connectivity index (χ3n) is 2.07. The molecule has 0 bridgehead atoms.